The fourth-order valence-corrected chi connectivity index (χ4v) is 4.55. The van der Waals surface area contributed by atoms with Crippen LogP contribution >= 0.6 is 0 Å². The molecule has 0 radical (unpaired) electrons. The second kappa shape index (κ2) is 5.93. The first-order chi connectivity index (χ1) is 8.91. The van der Waals surface area contributed by atoms with Gasteiger partial charge in [-0.2, -0.15) is 8.42 Å². The molecule has 0 bridgehead atoms. The lowest BCUT2D eigenvalue weighted by molar-refractivity contribution is 0.00889. The Bertz CT molecular complexity index is 551. The van der Waals surface area contributed by atoms with Gasteiger partial charge in [-0.25, -0.2) is 4.39 Å². The standard InChI is InChI=1S/C13H21FO4SSi/c1-19(16,17)18-9-13(15,10-20(2,3)4)11-5-7-12(14)8-6-11/h5-8,15H,9-10H2,1-4H3. The predicted molar refractivity (Wildman–Crippen MR) is 79.2 cm³/mol. The molecule has 0 amide bonds. The van der Waals surface area contributed by atoms with Gasteiger partial charge in [0, 0.05) is 8.07 Å². The lowest BCUT2D eigenvalue weighted by Gasteiger charge is -2.33. The van der Waals surface area contributed by atoms with E-state index < -0.39 is 29.6 Å². The molecule has 1 unspecified atom stereocenters. The molecular formula is C13H21FO4SSi. The summed E-state index contributed by atoms with van der Waals surface area (Å²) in [6.07, 6.45) is 0.937. The van der Waals surface area contributed by atoms with Crippen LogP contribution in [0.25, 0.3) is 0 Å². The fraction of sp³-hybridized carbons (Fsp3) is 0.538. The molecule has 1 atom stereocenters. The second-order valence-electron chi connectivity index (χ2n) is 6.24. The van der Waals surface area contributed by atoms with Gasteiger partial charge in [-0.3, -0.25) is 4.18 Å². The van der Waals surface area contributed by atoms with Gasteiger partial charge >= 0.3 is 0 Å². The minimum absolute atomic E-state index is 0.359. The molecule has 4 nitrogen and oxygen atoms in total. The zero-order valence-corrected chi connectivity index (χ0v) is 14.0. The van der Waals surface area contributed by atoms with Crippen molar-refractivity contribution in [3.05, 3.63) is 35.6 Å². The van der Waals surface area contributed by atoms with Crippen molar-refractivity contribution >= 4 is 18.2 Å². The van der Waals surface area contributed by atoms with Crippen molar-refractivity contribution in [2.75, 3.05) is 12.9 Å². The minimum atomic E-state index is -3.65. The summed E-state index contributed by atoms with van der Waals surface area (Å²) in [5, 5.41) is 10.8. The molecule has 1 aromatic carbocycles. The summed E-state index contributed by atoms with van der Waals surface area (Å²) < 4.78 is 40.1. The third-order valence-electron chi connectivity index (χ3n) is 2.72. The minimum Gasteiger partial charge on any atom is -0.383 e. The van der Waals surface area contributed by atoms with E-state index in [1.165, 1.54) is 24.3 Å². The van der Waals surface area contributed by atoms with Crippen molar-refractivity contribution in [1.82, 2.24) is 0 Å². The molecular weight excluding hydrogens is 299 g/mol. The summed E-state index contributed by atoms with van der Waals surface area (Å²) in [4.78, 5) is 0. The van der Waals surface area contributed by atoms with Crippen LogP contribution in [0.1, 0.15) is 5.56 Å². The maximum Gasteiger partial charge on any atom is 0.264 e. The van der Waals surface area contributed by atoms with Gasteiger partial charge in [0.1, 0.15) is 11.4 Å². The topological polar surface area (TPSA) is 63.6 Å². The molecule has 1 rings (SSSR count). The zero-order chi connectivity index (χ0) is 15.6. The van der Waals surface area contributed by atoms with Crippen molar-refractivity contribution in [3.63, 3.8) is 0 Å². The van der Waals surface area contributed by atoms with Crippen LogP contribution in [0.15, 0.2) is 24.3 Å². The molecule has 0 aromatic heterocycles. The van der Waals surface area contributed by atoms with Crippen LogP contribution in [0.3, 0.4) is 0 Å². The predicted octanol–water partition coefficient (Wildman–Crippen LogP) is 2.33. The molecule has 1 aromatic rings. The number of halogens is 1. The van der Waals surface area contributed by atoms with E-state index in [-0.39, 0.29) is 6.61 Å². The quantitative estimate of drug-likeness (QED) is 0.645. The average Bonchev–Trinajstić information content (AvgIpc) is 2.24. The van der Waals surface area contributed by atoms with Crippen LogP contribution in [-0.4, -0.2) is 34.5 Å². The normalized spacial score (nSPS) is 15.9. The number of rotatable bonds is 6. The molecule has 0 saturated heterocycles. The third-order valence-corrected chi connectivity index (χ3v) is 4.91. The first kappa shape index (κ1) is 17.3. The van der Waals surface area contributed by atoms with Gasteiger partial charge in [0.05, 0.1) is 12.9 Å². The van der Waals surface area contributed by atoms with E-state index in [1.54, 1.807) is 0 Å². The van der Waals surface area contributed by atoms with Gasteiger partial charge in [0.15, 0.2) is 0 Å². The Kier molecular flexibility index (Phi) is 5.12. The number of aliphatic hydroxyl groups is 1. The Balaban J connectivity index is 3.09. The first-order valence-corrected chi connectivity index (χ1v) is 11.8. The van der Waals surface area contributed by atoms with Crippen molar-refractivity contribution in [2.45, 2.75) is 31.3 Å². The molecule has 0 saturated carbocycles. The number of hydrogen-bond acceptors (Lipinski definition) is 4. The summed E-state index contributed by atoms with van der Waals surface area (Å²) in [7, 11) is -5.35. The van der Waals surface area contributed by atoms with E-state index in [9.17, 15) is 17.9 Å². The van der Waals surface area contributed by atoms with E-state index in [0.717, 1.165) is 6.26 Å². The number of hydrogen-bond donors (Lipinski definition) is 1. The largest absolute Gasteiger partial charge is 0.383 e. The third kappa shape index (κ3) is 5.70. The molecule has 1 N–H and O–H groups in total. The van der Waals surface area contributed by atoms with Crippen LogP contribution in [-0.2, 0) is 19.9 Å². The highest BCUT2D eigenvalue weighted by molar-refractivity contribution is 7.85. The summed E-state index contributed by atoms with van der Waals surface area (Å²) in [6, 6.07) is 5.82. The lowest BCUT2D eigenvalue weighted by Crippen LogP contribution is -2.40. The van der Waals surface area contributed by atoms with E-state index in [0.29, 0.717) is 11.6 Å². The highest BCUT2D eigenvalue weighted by Gasteiger charge is 2.36. The molecule has 0 aliphatic carbocycles. The Morgan fingerprint density at radius 1 is 1.25 bits per heavy atom. The highest BCUT2D eigenvalue weighted by Crippen LogP contribution is 2.32. The van der Waals surface area contributed by atoms with Gasteiger partial charge in [-0.15, -0.1) is 0 Å². The van der Waals surface area contributed by atoms with Crippen molar-refractivity contribution in [3.8, 4) is 0 Å². The lowest BCUT2D eigenvalue weighted by atomic mass is 9.97. The molecule has 0 spiro atoms. The van der Waals surface area contributed by atoms with Crippen LogP contribution < -0.4 is 0 Å². The van der Waals surface area contributed by atoms with E-state index in [4.69, 9.17) is 4.18 Å². The van der Waals surface area contributed by atoms with Crippen LogP contribution in [0.4, 0.5) is 4.39 Å². The van der Waals surface area contributed by atoms with Gasteiger partial charge < -0.3 is 5.11 Å². The Hall–Kier alpha value is -0.763. The summed E-state index contributed by atoms with van der Waals surface area (Å²) in [5.74, 6) is -0.409. The molecule has 0 heterocycles. The van der Waals surface area contributed by atoms with E-state index in [2.05, 4.69) is 19.6 Å². The van der Waals surface area contributed by atoms with Gasteiger partial charge in [-0.05, 0) is 23.7 Å². The van der Waals surface area contributed by atoms with Gasteiger partial charge in [0.25, 0.3) is 10.1 Å². The molecule has 0 aliphatic heterocycles. The number of benzene rings is 1. The molecule has 7 heteroatoms. The van der Waals surface area contributed by atoms with Crippen LogP contribution in [0.5, 0.6) is 0 Å². The summed E-state index contributed by atoms with van der Waals surface area (Å²) in [5.41, 5.74) is -0.966. The second-order valence-corrected chi connectivity index (χ2v) is 13.4. The van der Waals surface area contributed by atoms with Gasteiger partial charge in [-0.1, -0.05) is 31.8 Å². The Morgan fingerprint density at radius 3 is 2.15 bits per heavy atom. The first-order valence-electron chi connectivity index (χ1n) is 6.24. The van der Waals surface area contributed by atoms with E-state index in [1.807, 2.05) is 0 Å². The average molecular weight is 320 g/mol. The fourth-order valence-electron chi connectivity index (χ4n) is 2.08. The SMILES string of the molecule is C[Si](C)(C)CC(O)(COS(C)(=O)=O)c1ccc(F)cc1. The monoisotopic (exact) mass is 320 g/mol. The Morgan fingerprint density at radius 2 is 1.75 bits per heavy atom. The smallest absolute Gasteiger partial charge is 0.264 e. The maximum absolute atomic E-state index is 13.0. The maximum atomic E-state index is 13.0. The van der Waals surface area contributed by atoms with Crippen LogP contribution in [0.2, 0.25) is 25.7 Å². The highest BCUT2D eigenvalue weighted by atomic mass is 32.2. The molecule has 0 fully saturated rings. The Labute approximate surface area is 120 Å². The molecule has 0 aliphatic rings. The van der Waals surface area contributed by atoms with Crippen molar-refractivity contribution in [2.24, 2.45) is 0 Å². The molecule has 114 valence electrons. The van der Waals surface area contributed by atoms with Crippen molar-refractivity contribution < 1.29 is 22.1 Å². The molecule has 20 heavy (non-hydrogen) atoms. The van der Waals surface area contributed by atoms with E-state index >= 15 is 0 Å². The van der Waals surface area contributed by atoms with Gasteiger partial charge in [0.2, 0.25) is 0 Å². The summed E-state index contributed by atoms with van der Waals surface area (Å²) >= 11 is 0. The van der Waals surface area contributed by atoms with Crippen molar-refractivity contribution in [1.29, 1.82) is 0 Å². The zero-order valence-electron chi connectivity index (χ0n) is 12.2. The van der Waals surface area contributed by atoms with Crippen LogP contribution in [0, 0.1) is 5.82 Å². The summed E-state index contributed by atoms with van der Waals surface area (Å²) in [6.45, 7) is 5.81.